The summed E-state index contributed by atoms with van der Waals surface area (Å²) in [7, 11) is 0. The summed E-state index contributed by atoms with van der Waals surface area (Å²) < 4.78 is 0. The second kappa shape index (κ2) is 4.28. The lowest BCUT2D eigenvalue weighted by atomic mass is 10.1. The molecule has 0 saturated carbocycles. The Morgan fingerprint density at radius 2 is 2.25 bits per heavy atom. The van der Waals surface area contributed by atoms with Gasteiger partial charge in [-0.15, -0.1) is 0 Å². The minimum absolute atomic E-state index is 0.124. The summed E-state index contributed by atoms with van der Waals surface area (Å²) in [5.74, 6) is 0. The van der Waals surface area contributed by atoms with Crippen LogP contribution in [0.2, 0.25) is 0 Å². The summed E-state index contributed by atoms with van der Waals surface area (Å²) in [5, 5.41) is 0. The molecule has 0 fully saturated rings. The molecule has 4 heteroatoms. The van der Waals surface area contributed by atoms with Gasteiger partial charge in [0.15, 0.2) is 0 Å². The normalized spacial score (nSPS) is 10.4. The fourth-order valence-corrected chi connectivity index (χ4v) is 1.64. The van der Waals surface area contributed by atoms with Crippen LogP contribution in [0.3, 0.4) is 0 Å². The molecular formula is C12H13N3O. The highest BCUT2D eigenvalue weighted by Crippen LogP contribution is 2.19. The molecule has 0 bridgehead atoms. The van der Waals surface area contributed by atoms with Gasteiger partial charge < -0.3 is 10.7 Å². The zero-order valence-electron chi connectivity index (χ0n) is 9.03. The Hall–Kier alpha value is -1.94. The molecule has 0 radical (unpaired) electrons. The average Bonchev–Trinajstić information content (AvgIpc) is 2.28. The summed E-state index contributed by atoms with van der Waals surface area (Å²) in [5.41, 5.74) is 9.07. The second-order valence-corrected chi connectivity index (χ2v) is 3.65. The maximum Gasteiger partial charge on any atom is 0.248 e. The molecule has 82 valence electrons. The molecule has 0 aliphatic heterocycles. The van der Waals surface area contributed by atoms with Crippen LogP contribution < -0.4 is 11.3 Å². The lowest BCUT2D eigenvalue weighted by Crippen LogP contribution is -2.04. The molecule has 0 saturated heterocycles. The van der Waals surface area contributed by atoms with Gasteiger partial charge in [0.1, 0.15) is 0 Å². The van der Waals surface area contributed by atoms with Gasteiger partial charge in [-0.05, 0) is 24.1 Å². The van der Waals surface area contributed by atoms with E-state index in [-0.39, 0.29) is 5.56 Å². The number of aryl methyl sites for hydroxylation is 1. The third-order valence-corrected chi connectivity index (χ3v) is 2.42. The van der Waals surface area contributed by atoms with E-state index in [1.54, 1.807) is 12.4 Å². The Bertz CT molecular complexity index is 560. The number of nitrogens with two attached hydrogens (primary N) is 1. The second-order valence-electron chi connectivity index (χ2n) is 3.65. The van der Waals surface area contributed by atoms with Gasteiger partial charge in [0.25, 0.3) is 0 Å². The Morgan fingerprint density at radius 1 is 1.44 bits per heavy atom. The number of nitrogens with one attached hydrogen (secondary N) is 1. The van der Waals surface area contributed by atoms with Crippen LogP contribution in [0.1, 0.15) is 11.1 Å². The molecule has 16 heavy (non-hydrogen) atoms. The zero-order chi connectivity index (χ0) is 11.5. The summed E-state index contributed by atoms with van der Waals surface area (Å²) in [6, 6.07) is 5.36. The van der Waals surface area contributed by atoms with Crippen LogP contribution in [0.15, 0.2) is 35.4 Å². The van der Waals surface area contributed by atoms with E-state index in [1.807, 2.05) is 19.1 Å². The van der Waals surface area contributed by atoms with E-state index in [9.17, 15) is 4.79 Å². The number of rotatable bonds is 2. The number of hydrogen-bond donors (Lipinski definition) is 2. The van der Waals surface area contributed by atoms with Gasteiger partial charge in [-0.2, -0.15) is 0 Å². The highest BCUT2D eigenvalue weighted by atomic mass is 16.1. The van der Waals surface area contributed by atoms with Crippen molar-refractivity contribution in [3.8, 4) is 11.3 Å². The average molecular weight is 215 g/mol. The third-order valence-electron chi connectivity index (χ3n) is 2.42. The maximum atomic E-state index is 11.2. The van der Waals surface area contributed by atoms with Crippen LogP contribution in [0.25, 0.3) is 11.3 Å². The van der Waals surface area contributed by atoms with Crippen molar-refractivity contribution in [3.05, 3.63) is 52.1 Å². The molecule has 0 aromatic carbocycles. The van der Waals surface area contributed by atoms with E-state index in [0.29, 0.717) is 6.54 Å². The number of pyridine rings is 2. The van der Waals surface area contributed by atoms with E-state index in [0.717, 1.165) is 22.4 Å². The van der Waals surface area contributed by atoms with E-state index in [1.165, 1.54) is 6.07 Å². The molecule has 0 aliphatic carbocycles. The molecule has 3 N–H and O–H groups in total. The topological polar surface area (TPSA) is 71.8 Å². The first kappa shape index (κ1) is 10.6. The van der Waals surface area contributed by atoms with Crippen molar-refractivity contribution in [1.29, 1.82) is 0 Å². The van der Waals surface area contributed by atoms with Crippen molar-refractivity contribution in [2.45, 2.75) is 13.5 Å². The highest BCUT2D eigenvalue weighted by Gasteiger charge is 2.04. The Labute approximate surface area is 93.2 Å². The van der Waals surface area contributed by atoms with Gasteiger partial charge in [0, 0.05) is 30.6 Å². The number of hydrogen-bond acceptors (Lipinski definition) is 3. The quantitative estimate of drug-likeness (QED) is 0.790. The van der Waals surface area contributed by atoms with Crippen molar-refractivity contribution in [3.63, 3.8) is 0 Å². The van der Waals surface area contributed by atoms with Crippen molar-refractivity contribution >= 4 is 0 Å². The lowest BCUT2D eigenvalue weighted by Gasteiger charge is -2.06. The van der Waals surface area contributed by atoms with Crippen LogP contribution in [0, 0.1) is 6.92 Å². The predicted molar refractivity (Wildman–Crippen MR) is 62.9 cm³/mol. The number of H-pyrrole nitrogens is 1. The van der Waals surface area contributed by atoms with Crippen molar-refractivity contribution in [2.75, 3.05) is 0 Å². The molecule has 2 heterocycles. The number of nitrogens with zero attached hydrogens (tertiary/aromatic N) is 1. The first-order chi connectivity index (χ1) is 7.70. The summed E-state index contributed by atoms with van der Waals surface area (Å²) >= 11 is 0. The Morgan fingerprint density at radius 3 is 2.88 bits per heavy atom. The van der Waals surface area contributed by atoms with Gasteiger partial charge >= 0.3 is 0 Å². The van der Waals surface area contributed by atoms with E-state index in [2.05, 4.69) is 9.97 Å². The first-order valence-corrected chi connectivity index (χ1v) is 5.05. The molecule has 0 atom stereocenters. The summed E-state index contributed by atoms with van der Waals surface area (Å²) in [4.78, 5) is 18.1. The molecule has 2 aromatic rings. The molecule has 2 rings (SSSR count). The van der Waals surface area contributed by atoms with Gasteiger partial charge in [0.2, 0.25) is 5.56 Å². The van der Waals surface area contributed by atoms with Crippen LogP contribution in [-0.4, -0.2) is 9.97 Å². The van der Waals surface area contributed by atoms with Crippen molar-refractivity contribution in [1.82, 2.24) is 9.97 Å². The minimum atomic E-state index is -0.124. The predicted octanol–water partition coefficient (Wildman–Crippen LogP) is 1.20. The maximum absolute atomic E-state index is 11.2. The molecule has 0 aliphatic rings. The van der Waals surface area contributed by atoms with Gasteiger partial charge in [0.05, 0.1) is 5.69 Å². The molecule has 0 spiro atoms. The summed E-state index contributed by atoms with van der Waals surface area (Å²) in [6.45, 7) is 2.44. The Balaban J connectivity index is 2.52. The highest BCUT2D eigenvalue weighted by molar-refractivity contribution is 5.62. The monoisotopic (exact) mass is 215 g/mol. The fraction of sp³-hybridized carbons (Fsp3) is 0.167. The largest absolute Gasteiger partial charge is 0.329 e. The van der Waals surface area contributed by atoms with Crippen LogP contribution >= 0.6 is 0 Å². The van der Waals surface area contributed by atoms with Gasteiger partial charge in [-0.1, -0.05) is 6.07 Å². The molecule has 2 aromatic heterocycles. The van der Waals surface area contributed by atoms with E-state index in [4.69, 9.17) is 5.73 Å². The van der Waals surface area contributed by atoms with Gasteiger partial charge in [-0.3, -0.25) is 9.78 Å². The van der Waals surface area contributed by atoms with Crippen LogP contribution in [-0.2, 0) is 6.54 Å². The van der Waals surface area contributed by atoms with Crippen molar-refractivity contribution < 1.29 is 0 Å². The lowest BCUT2D eigenvalue weighted by molar-refractivity contribution is 1.04. The fourth-order valence-electron chi connectivity index (χ4n) is 1.64. The Kier molecular flexibility index (Phi) is 2.83. The number of aromatic amines is 1. The molecule has 0 amide bonds. The van der Waals surface area contributed by atoms with Crippen molar-refractivity contribution in [2.24, 2.45) is 5.73 Å². The zero-order valence-corrected chi connectivity index (χ0v) is 9.03. The van der Waals surface area contributed by atoms with E-state index < -0.39 is 0 Å². The minimum Gasteiger partial charge on any atom is -0.329 e. The molecular weight excluding hydrogens is 202 g/mol. The first-order valence-electron chi connectivity index (χ1n) is 5.05. The van der Waals surface area contributed by atoms with Gasteiger partial charge in [-0.25, -0.2) is 0 Å². The summed E-state index contributed by atoms with van der Waals surface area (Å²) in [6.07, 6.45) is 3.36. The molecule has 0 unspecified atom stereocenters. The number of aromatic nitrogens is 2. The van der Waals surface area contributed by atoms with E-state index >= 15 is 0 Å². The standard InChI is InChI=1S/C12H13N3O/c1-8-4-9(6-13)7-15-12(8)10-2-3-14-11(16)5-10/h2-5,7H,6,13H2,1H3,(H,14,16). The van der Waals surface area contributed by atoms with Crippen LogP contribution in [0.4, 0.5) is 0 Å². The molecule has 4 nitrogen and oxygen atoms in total. The SMILES string of the molecule is Cc1cc(CN)cnc1-c1cc[nH]c(=O)c1. The smallest absolute Gasteiger partial charge is 0.248 e. The third kappa shape index (κ3) is 2.01. The van der Waals surface area contributed by atoms with Crippen LogP contribution in [0.5, 0.6) is 0 Å².